The summed E-state index contributed by atoms with van der Waals surface area (Å²) >= 11 is 0. The van der Waals surface area contributed by atoms with Crippen molar-refractivity contribution >= 4 is 5.69 Å². The molecule has 0 bridgehead atoms. The van der Waals surface area contributed by atoms with Gasteiger partial charge in [0.2, 0.25) is 0 Å². The highest BCUT2D eigenvalue weighted by molar-refractivity contribution is 5.53. The second kappa shape index (κ2) is 5.62. The number of hydrogen-bond donors (Lipinski definition) is 1. The van der Waals surface area contributed by atoms with Crippen LogP contribution < -0.4 is 4.90 Å². The molecular weight excluding hydrogens is 262 g/mol. The molecule has 1 heterocycles. The van der Waals surface area contributed by atoms with E-state index in [4.69, 9.17) is 4.74 Å². The van der Waals surface area contributed by atoms with Crippen LogP contribution in [0.3, 0.4) is 0 Å². The fourth-order valence-electron chi connectivity index (χ4n) is 3.55. The number of hydrogen-bond acceptors (Lipinski definition) is 3. The van der Waals surface area contributed by atoms with E-state index in [0.29, 0.717) is 0 Å². The molecule has 1 saturated heterocycles. The Bertz CT molecular complexity index is 496. The highest BCUT2D eigenvalue weighted by atomic mass is 16.5. The van der Waals surface area contributed by atoms with Crippen molar-refractivity contribution in [3.05, 3.63) is 29.8 Å². The number of benzene rings is 1. The third-order valence-electron chi connectivity index (χ3n) is 4.77. The summed E-state index contributed by atoms with van der Waals surface area (Å²) in [7, 11) is 0. The molecule has 118 valence electrons. The van der Waals surface area contributed by atoms with Crippen LogP contribution in [0.5, 0.6) is 0 Å². The van der Waals surface area contributed by atoms with Crippen LogP contribution in [0.15, 0.2) is 24.3 Å². The van der Waals surface area contributed by atoms with Crippen LogP contribution >= 0.6 is 0 Å². The average molecular weight is 291 g/mol. The largest absolute Gasteiger partial charge is 0.390 e. The predicted octanol–water partition coefficient (Wildman–Crippen LogP) is 3.39. The number of aryl methyl sites for hydroxylation is 1. The Balaban J connectivity index is 2.25. The number of ether oxygens (including phenoxy) is 1. The van der Waals surface area contributed by atoms with Gasteiger partial charge >= 0.3 is 0 Å². The van der Waals surface area contributed by atoms with Crippen molar-refractivity contribution in [1.29, 1.82) is 0 Å². The van der Waals surface area contributed by atoms with Crippen LogP contribution in [0.25, 0.3) is 0 Å². The van der Waals surface area contributed by atoms with Gasteiger partial charge in [0.1, 0.15) is 0 Å². The fraction of sp³-hybridized carbons (Fsp3) is 0.667. The van der Waals surface area contributed by atoms with Gasteiger partial charge in [-0.3, -0.25) is 0 Å². The van der Waals surface area contributed by atoms with Gasteiger partial charge in [-0.15, -0.1) is 0 Å². The lowest BCUT2D eigenvalue weighted by atomic mass is 9.84. The van der Waals surface area contributed by atoms with Crippen LogP contribution in [0.4, 0.5) is 5.69 Å². The smallest absolute Gasteiger partial charge is 0.0897 e. The van der Waals surface area contributed by atoms with Gasteiger partial charge in [0.05, 0.1) is 17.3 Å². The maximum absolute atomic E-state index is 10.7. The van der Waals surface area contributed by atoms with Crippen molar-refractivity contribution < 1.29 is 9.84 Å². The normalized spacial score (nSPS) is 26.8. The minimum atomic E-state index is -0.487. The summed E-state index contributed by atoms with van der Waals surface area (Å²) < 4.78 is 6.10. The molecule has 1 fully saturated rings. The zero-order chi connectivity index (χ0) is 15.8. The number of aliphatic hydroxyl groups is 1. The zero-order valence-electron chi connectivity index (χ0n) is 14.2. The molecule has 2 atom stereocenters. The Morgan fingerprint density at radius 1 is 1.14 bits per heavy atom. The molecule has 2 rings (SSSR count). The van der Waals surface area contributed by atoms with Crippen molar-refractivity contribution in [3.8, 4) is 0 Å². The molecule has 0 amide bonds. The Morgan fingerprint density at radius 3 is 2.24 bits per heavy atom. The van der Waals surface area contributed by atoms with Gasteiger partial charge < -0.3 is 14.7 Å². The SMILES string of the molecule is CCN(CC1C(O)C(C)(C)OC1(C)C)c1ccccc1C. The lowest BCUT2D eigenvalue weighted by molar-refractivity contribution is -0.0906. The van der Waals surface area contributed by atoms with E-state index in [1.807, 2.05) is 13.8 Å². The summed E-state index contributed by atoms with van der Waals surface area (Å²) in [5.41, 5.74) is 1.70. The van der Waals surface area contributed by atoms with Gasteiger partial charge in [-0.25, -0.2) is 0 Å². The fourth-order valence-corrected chi connectivity index (χ4v) is 3.55. The average Bonchev–Trinajstić information content (AvgIpc) is 2.54. The molecule has 3 heteroatoms. The van der Waals surface area contributed by atoms with Gasteiger partial charge in [0.25, 0.3) is 0 Å². The van der Waals surface area contributed by atoms with Crippen LogP contribution in [-0.2, 0) is 4.74 Å². The molecule has 1 aliphatic heterocycles. The van der Waals surface area contributed by atoms with Crippen molar-refractivity contribution in [2.45, 2.75) is 58.8 Å². The molecule has 3 nitrogen and oxygen atoms in total. The van der Waals surface area contributed by atoms with E-state index in [-0.39, 0.29) is 11.5 Å². The topological polar surface area (TPSA) is 32.7 Å². The van der Waals surface area contributed by atoms with E-state index >= 15 is 0 Å². The molecule has 1 aromatic carbocycles. The molecule has 0 spiro atoms. The lowest BCUT2D eigenvalue weighted by Gasteiger charge is -2.34. The molecule has 2 unspecified atom stereocenters. The van der Waals surface area contributed by atoms with Crippen molar-refractivity contribution in [2.75, 3.05) is 18.0 Å². The first kappa shape index (κ1) is 16.3. The lowest BCUT2D eigenvalue weighted by Crippen LogP contribution is -2.43. The number of para-hydroxylation sites is 1. The third-order valence-corrected chi connectivity index (χ3v) is 4.77. The zero-order valence-corrected chi connectivity index (χ0v) is 14.2. The molecule has 1 aliphatic rings. The minimum absolute atomic E-state index is 0.0899. The molecule has 21 heavy (non-hydrogen) atoms. The van der Waals surface area contributed by atoms with Gasteiger partial charge in [0.15, 0.2) is 0 Å². The van der Waals surface area contributed by atoms with Gasteiger partial charge in [-0.2, -0.15) is 0 Å². The maximum Gasteiger partial charge on any atom is 0.0897 e. The summed E-state index contributed by atoms with van der Waals surface area (Å²) in [4.78, 5) is 2.34. The van der Waals surface area contributed by atoms with Gasteiger partial charge in [-0.05, 0) is 53.2 Å². The Morgan fingerprint density at radius 2 is 1.76 bits per heavy atom. The summed E-state index contributed by atoms with van der Waals surface area (Å²) in [5, 5.41) is 10.7. The molecule has 1 N–H and O–H groups in total. The summed E-state index contributed by atoms with van der Waals surface area (Å²) in [5.74, 6) is 0.0899. The van der Waals surface area contributed by atoms with Gasteiger partial charge in [-0.1, -0.05) is 18.2 Å². The second-order valence-corrected chi connectivity index (χ2v) is 7.19. The number of anilines is 1. The monoisotopic (exact) mass is 291 g/mol. The van der Waals surface area contributed by atoms with Crippen LogP contribution in [0, 0.1) is 12.8 Å². The first-order chi connectivity index (χ1) is 9.69. The molecule has 0 aromatic heterocycles. The Kier molecular flexibility index (Phi) is 4.36. The predicted molar refractivity (Wildman–Crippen MR) is 87.8 cm³/mol. The Labute approximate surface area is 128 Å². The Hall–Kier alpha value is -1.06. The highest BCUT2D eigenvalue weighted by Crippen LogP contribution is 2.43. The highest BCUT2D eigenvalue weighted by Gasteiger charge is 2.53. The first-order valence-electron chi connectivity index (χ1n) is 7.88. The third kappa shape index (κ3) is 3.09. The quantitative estimate of drug-likeness (QED) is 0.923. The molecular formula is C18H29NO2. The van der Waals surface area contributed by atoms with E-state index in [1.54, 1.807) is 0 Å². The van der Waals surface area contributed by atoms with E-state index in [0.717, 1.165) is 13.1 Å². The van der Waals surface area contributed by atoms with E-state index in [2.05, 4.69) is 56.9 Å². The van der Waals surface area contributed by atoms with Gasteiger partial charge in [0, 0.05) is 24.7 Å². The molecule has 1 aromatic rings. The molecule has 0 saturated carbocycles. The minimum Gasteiger partial charge on any atom is -0.390 e. The maximum atomic E-state index is 10.7. The van der Waals surface area contributed by atoms with E-state index in [9.17, 15) is 5.11 Å². The van der Waals surface area contributed by atoms with Crippen molar-refractivity contribution in [3.63, 3.8) is 0 Å². The van der Waals surface area contributed by atoms with Crippen molar-refractivity contribution in [1.82, 2.24) is 0 Å². The van der Waals surface area contributed by atoms with E-state index in [1.165, 1.54) is 11.3 Å². The summed E-state index contributed by atoms with van der Waals surface area (Å²) in [6.45, 7) is 14.1. The second-order valence-electron chi connectivity index (χ2n) is 7.19. The number of aliphatic hydroxyl groups excluding tert-OH is 1. The molecule has 0 aliphatic carbocycles. The van der Waals surface area contributed by atoms with Crippen molar-refractivity contribution in [2.24, 2.45) is 5.92 Å². The molecule has 0 radical (unpaired) electrons. The number of rotatable bonds is 4. The van der Waals surface area contributed by atoms with Crippen LogP contribution in [-0.4, -0.2) is 35.5 Å². The van der Waals surface area contributed by atoms with E-state index < -0.39 is 11.7 Å². The van der Waals surface area contributed by atoms with Crippen LogP contribution in [0.2, 0.25) is 0 Å². The summed E-state index contributed by atoms with van der Waals surface area (Å²) in [6, 6.07) is 8.42. The number of nitrogens with zero attached hydrogens (tertiary/aromatic N) is 1. The first-order valence-corrected chi connectivity index (χ1v) is 7.88. The van der Waals surface area contributed by atoms with Crippen LogP contribution in [0.1, 0.15) is 40.2 Å². The standard InChI is InChI=1S/C18H29NO2/c1-7-19(15-11-9-8-10-13(15)2)12-14-16(20)18(5,6)21-17(14,3)4/h8-11,14,16,20H,7,12H2,1-6H3. The summed E-state index contributed by atoms with van der Waals surface area (Å²) in [6.07, 6.45) is -0.453.